The lowest BCUT2D eigenvalue weighted by molar-refractivity contribution is -0.124. The van der Waals surface area contributed by atoms with Crippen molar-refractivity contribution < 1.29 is 9.59 Å². The van der Waals surface area contributed by atoms with Crippen molar-refractivity contribution in [1.29, 1.82) is 0 Å². The maximum absolute atomic E-state index is 12.3. The van der Waals surface area contributed by atoms with Gasteiger partial charge in [0.1, 0.15) is 5.78 Å². The molecule has 1 atom stereocenters. The molecule has 0 aromatic carbocycles. The molecule has 1 heterocycles. The van der Waals surface area contributed by atoms with Crippen molar-refractivity contribution in [2.75, 3.05) is 0 Å². The first-order valence-electron chi connectivity index (χ1n) is 7.52. The molecule has 1 saturated carbocycles. The Kier molecular flexibility index (Phi) is 2.83. The molecule has 1 aliphatic heterocycles. The molecule has 3 rings (SSSR count). The standard InChI is InChI=1S/C17H23NO2/c1-16(2)6-12-10(14(19)8-16)5-11-13(18-12)7-17(3,4)9-15(11)20/h10H,5-9H2,1-4H3. The van der Waals surface area contributed by atoms with Crippen LogP contribution in [0, 0.1) is 16.7 Å². The van der Waals surface area contributed by atoms with Gasteiger partial charge in [-0.1, -0.05) is 27.7 Å². The number of ketones is 2. The number of aliphatic imine (C=N–C) groups is 1. The van der Waals surface area contributed by atoms with Crippen LogP contribution in [-0.4, -0.2) is 17.3 Å². The number of carbonyl (C=O) groups excluding carboxylic acids is 2. The van der Waals surface area contributed by atoms with E-state index < -0.39 is 0 Å². The van der Waals surface area contributed by atoms with Gasteiger partial charge in [0, 0.05) is 29.8 Å². The van der Waals surface area contributed by atoms with Crippen molar-refractivity contribution in [3.05, 3.63) is 11.3 Å². The third kappa shape index (κ3) is 2.27. The lowest BCUT2D eigenvalue weighted by Crippen LogP contribution is -2.41. The van der Waals surface area contributed by atoms with Crippen molar-refractivity contribution in [3.63, 3.8) is 0 Å². The zero-order chi connectivity index (χ0) is 14.7. The van der Waals surface area contributed by atoms with Crippen molar-refractivity contribution in [1.82, 2.24) is 0 Å². The largest absolute Gasteiger partial charge is 0.299 e. The maximum Gasteiger partial charge on any atom is 0.161 e. The van der Waals surface area contributed by atoms with E-state index in [0.29, 0.717) is 19.3 Å². The van der Waals surface area contributed by atoms with E-state index in [9.17, 15) is 9.59 Å². The highest BCUT2D eigenvalue weighted by Gasteiger charge is 2.43. The minimum Gasteiger partial charge on any atom is -0.299 e. The van der Waals surface area contributed by atoms with Crippen LogP contribution < -0.4 is 0 Å². The van der Waals surface area contributed by atoms with Gasteiger partial charge in [0.15, 0.2) is 5.78 Å². The summed E-state index contributed by atoms with van der Waals surface area (Å²) in [6.07, 6.45) is 3.55. The SMILES string of the molecule is CC1(C)CC(=O)C2CC3=C(CC(C)(C)CC3=O)N=C2C1. The van der Waals surface area contributed by atoms with E-state index in [1.165, 1.54) is 0 Å². The summed E-state index contributed by atoms with van der Waals surface area (Å²) in [6, 6.07) is 0. The fourth-order valence-electron chi connectivity index (χ4n) is 3.85. The van der Waals surface area contributed by atoms with Gasteiger partial charge in [-0.05, 0) is 30.1 Å². The van der Waals surface area contributed by atoms with Crippen LogP contribution in [0.2, 0.25) is 0 Å². The van der Waals surface area contributed by atoms with Crippen LogP contribution in [-0.2, 0) is 9.59 Å². The van der Waals surface area contributed by atoms with E-state index in [4.69, 9.17) is 4.99 Å². The van der Waals surface area contributed by atoms with Crippen LogP contribution in [0.5, 0.6) is 0 Å². The molecular weight excluding hydrogens is 250 g/mol. The van der Waals surface area contributed by atoms with Gasteiger partial charge in [-0.15, -0.1) is 0 Å². The summed E-state index contributed by atoms with van der Waals surface area (Å²) in [5.41, 5.74) is 2.84. The van der Waals surface area contributed by atoms with Gasteiger partial charge in [0.2, 0.25) is 0 Å². The van der Waals surface area contributed by atoms with Crippen LogP contribution in [0.15, 0.2) is 16.3 Å². The fraction of sp³-hybridized carbons (Fsp3) is 0.706. The second-order valence-corrected chi connectivity index (χ2v) is 8.21. The first-order chi connectivity index (χ1) is 9.17. The summed E-state index contributed by atoms with van der Waals surface area (Å²) in [6.45, 7) is 8.50. The predicted octanol–water partition coefficient (Wildman–Crippen LogP) is 3.48. The molecule has 0 bridgehead atoms. The predicted molar refractivity (Wildman–Crippen MR) is 78.6 cm³/mol. The molecule has 0 amide bonds. The highest BCUT2D eigenvalue weighted by atomic mass is 16.1. The zero-order valence-corrected chi connectivity index (χ0v) is 12.9. The van der Waals surface area contributed by atoms with Crippen molar-refractivity contribution >= 4 is 17.3 Å². The summed E-state index contributed by atoms with van der Waals surface area (Å²) >= 11 is 0. The van der Waals surface area contributed by atoms with Gasteiger partial charge in [-0.25, -0.2) is 0 Å². The molecule has 3 nitrogen and oxygen atoms in total. The Morgan fingerprint density at radius 3 is 2.30 bits per heavy atom. The number of Topliss-reactive ketones (excluding diaryl/α,β-unsaturated/α-hetero) is 2. The Bertz CT molecular complexity index is 564. The minimum absolute atomic E-state index is 0.000999. The molecule has 108 valence electrons. The lowest BCUT2D eigenvalue weighted by atomic mass is 9.66. The summed E-state index contributed by atoms with van der Waals surface area (Å²) in [5.74, 6) is 0.354. The second kappa shape index (κ2) is 4.12. The molecule has 0 spiro atoms. The van der Waals surface area contributed by atoms with Gasteiger partial charge in [-0.3, -0.25) is 14.6 Å². The quantitative estimate of drug-likeness (QED) is 0.678. The second-order valence-electron chi connectivity index (χ2n) is 8.21. The lowest BCUT2D eigenvalue weighted by Gasteiger charge is -2.40. The molecule has 3 aliphatic rings. The smallest absolute Gasteiger partial charge is 0.161 e. The number of carbonyl (C=O) groups is 2. The molecule has 20 heavy (non-hydrogen) atoms. The summed E-state index contributed by atoms with van der Waals surface area (Å²) in [5, 5.41) is 0. The summed E-state index contributed by atoms with van der Waals surface area (Å²) < 4.78 is 0. The van der Waals surface area contributed by atoms with Crippen LogP contribution in [0.1, 0.15) is 59.8 Å². The van der Waals surface area contributed by atoms with E-state index in [-0.39, 0.29) is 28.3 Å². The normalized spacial score (nSPS) is 31.6. The Hall–Kier alpha value is -1.25. The van der Waals surface area contributed by atoms with Gasteiger partial charge in [-0.2, -0.15) is 0 Å². The van der Waals surface area contributed by atoms with Crippen molar-refractivity contribution in [2.24, 2.45) is 21.7 Å². The summed E-state index contributed by atoms with van der Waals surface area (Å²) in [7, 11) is 0. The third-order valence-electron chi connectivity index (χ3n) is 4.76. The van der Waals surface area contributed by atoms with E-state index >= 15 is 0 Å². The average Bonchev–Trinajstić information content (AvgIpc) is 2.23. The number of hydrogen-bond acceptors (Lipinski definition) is 3. The van der Waals surface area contributed by atoms with Crippen molar-refractivity contribution in [3.8, 4) is 0 Å². The van der Waals surface area contributed by atoms with E-state index in [1.807, 2.05) is 0 Å². The number of nitrogens with zero attached hydrogens (tertiary/aromatic N) is 1. The van der Waals surface area contributed by atoms with Crippen LogP contribution >= 0.6 is 0 Å². The van der Waals surface area contributed by atoms with Gasteiger partial charge >= 0.3 is 0 Å². The van der Waals surface area contributed by atoms with Crippen LogP contribution in [0.4, 0.5) is 0 Å². The topological polar surface area (TPSA) is 46.5 Å². The average molecular weight is 273 g/mol. The monoisotopic (exact) mass is 273 g/mol. The third-order valence-corrected chi connectivity index (χ3v) is 4.76. The highest BCUT2D eigenvalue weighted by molar-refractivity contribution is 6.11. The van der Waals surface area contributed by atoms with Crippen LogP contribution in [0.3, 0.4) is 0 Å². The molecule has 0 saturated heterocycles. The number of rotatable bonds is 0. The molecule has 0 aromatic heterocycles. The maximum atomic E-state index is 12.3. The van der Waals surface area contributed by atoms with Crippen LogP contribution in [0.25, 0.3) is 0 Å². The van der Waals surface area contributed by atoms with E-state index in [2.05, 4.69) is 27.7 Å². The summed E-state index contributed by atoms with van der Waals surface area (Å²) in [4.78, 5) is 29.4. The molecule has 1 unspecified atom stereocenters. The molecule has 0 N–H and O–H groups in total. The molecule has 1 fully saturated rings. The van der Waals surface area contributed by atoms with Crippen molar-refractivity contribution in [2.45, 2.75) is 59.8 Å². The Morgan fingerprint density at radius 2 is 1.60 bits per heavy atom. The van der Waals surface area contributed by atoms with E-state index in [0.717, 1.165) is 29.8 Å². The first kappa shape index (κ1) is 13.7. The number of hydrogen-bond donors (Lipinski definition) is 0. The highest BCUT2D eigenvalue weighted by Crippen LogP contribution is 2.45. The number of allylic oxidation sites excluding steroid dienone is 2. The molecule has 3 heteroatoms. The van der Waals surface area contributed by atoms with Gasteiger partial charge in [0.05, 0.1) is 5.92 Å². The van der Waals surface area contributed by atoms with E-state index in [1.54, 1.807) is 0 Å². The minimum atomic E-state index is -0.119. The number of fused-ring (bicyclic) bond motifs is 1. The Morgan fingerprint density at radius 1 is 0.950 bits per heavy atom. The fourth-order valence-corrected chi connectivity index (χ4v) is 3.85. The van der Waals surface area contributed by atoms with Gasteiger partial charge < -0.3 is 0 Å². The molecule has 0 radical (unpaired) electrons. The first-order valence-corrected chi connectivity index (χ1v) is 7.52. The Labute approximate surface area is 120 Å². The molecular formula is C17H23NO2. The molecule has 2 aliphatic carbocycles. The van der Waals surface area contributed by atoms with Gasteiger partial charge in [0.25, 0.3) is 0 Å². The zero-order valence-electron chi connectivity index (χ0n) is 12.9. The molecule has 0 aromatic rings. The Balaban J connectivity index is 2.00.